The third-order valence-corrected chi connectivity index (χ3v) is 3.55. The van der Waals surface area contributed by atoms with Crippen LogP contribution < -0.4 is 0 Å². The Morgan fingerprint density at radius 2 is 1.36 bits per heavy atom. The predicted octanol–water partition coefficient (Wildman–Crippen LogP) is 1.16. The summed E-state index contributed by atoms with van der Waals surface area (Å²) in [5.41, 5.74) is -0.475. The molecular formula is C16H30N3O3. The SMILES string of the molecule is CCCCN(C)C(=O)[C](C(=O)N(C)C)C(=O)N(C)C(C)(C)C. The van der Waals surface area contributed by atoms with E-state index in [0.29, 0.717) is 6.54 Å². The molecule has 0 fully saturated rings. The number of hydrogen-bond donors (Lipinski definition) is 0. The highest BCUT2D eigenvalue weighted by Gasteiger charge is 2.42. The van der Waals surface area contributed by atoms with Crippen molar-refractivity contribution in [3.8, 4) is 0 Å². The maximum atomic E-state index is 12.6. The van der Waals surface area contributed by atoms with Gasteiger partial charge in [0.05, 0.1) is 0 Å². The first-order valence-electron chi connectivity index (χ1n) is 7.57. The van der Waals surface area contributed by atoms with Crippen LogP contribution in [0, 0.1) is 5.92 Å². The topological polar surface area (TPSA) is 60.9 Å². The Balaban J connectivity index is 5.43. The molecule has 6 heteroatoms. The monoisotopic (exact) mass is 312 g/mol. The van der Waals surface area contributed by atoms with Crippen molar-refractivity contribution in [3.63, 3.8) is 0 Å². The summed E-state index contributed by atoms with van der Waals surface area (Å²) < 4.78 is 0. The van der Waals surface area contributed by atoms with E-state index in [-0.39, 0.29) is 5.92 Å². The van der Waals surface area contributed by atoms with Crippen molar-refractivity contribution in [2.45, 2.75) is 46.1 Å². The highest BCUT2D eigenvalue weighted by Crippen LogP contribution is 2.19. The molecule has 0 aliphatic heterocycles. The fourth-order valence-electron chi connectivity index (χ4n) is 1.66. The van der Waals surface area contributed by atoms with E-state index in [9.17, 15) is 14.4 Å². The van der Waals surface area contributed by atoms with Gasteiger partial charge in [-0.25, -0.2) is 0 Å². The molecule has 0 N–H and O–H groups in total. The highest BCUT2D eigenvalue weighted by atomic mass is 16.2. The van der Waals surface area contributed by atoms with Gasteiger partial charge in [0.1, 0.15) is 0 Å². The first-order valence-corrected chi connectivity index (χ1v) is 7.57. The molecule has 0 aromatic heterocycles. The second-order valence-corrected chi connectivity index (χ2v) is 6.69. The van der Waals surface area contributed by atoms with Crippen LogP contribution in [0.4, 0.5) is 0 Å². The molecule has 0 rings (SSSR count). The van der Waals surface area contributed by atoms with Crippen LogP contribution >= 0.6 is 0 Å². The van der Waals surface area contributed by atoms with Crippen LogP contribution in [0.25, 0.3) is 0 Å². The van der Waals surface area contributed by atoms with Gasteiger partial charge in [-0.3, -0.25) is 14.4 Å². The van der Waals surface area contributed by atoms with E-state index in [0.717, 1.165) is 12.8 Å². The number of rotatable bonds is 6. The van der Waals surface area contributed by atoms with Gasteiger partial charge in [0.2, 0.25) is 23.6 Å². The van der Waals surface area contributed by atoms with Crippen molar-refractivity contribution < 1.29 is 14.4 Å². The van der Waals surface area contributed by atoms with Crippen LogP contribution in [0.15, 0.2) is 0 Å². The summed E-state index contributed by atoms with van der Waals surface area (Å²) in [5, 5.41) is 0. The Hall–Kier alpha value is -1.59. The molecule has 6 nitrogen and oxygen atoms in total. The number of hydrogen-bond acceptors (Lipinski definition) is 3. The largest absolute Gasteiger partial charge is 0.347 e. The van der Waals surface area contributed by atoms with Gasteiger partial charge in [-0.2, -0.15) is 0 Å². The standard InChI is InChI=1S/C16H30N3O3/c1-9-10-11-18(7)14(21)12(13(20)17(5)6)15(22)19(8)16(2,3)4/h9-11H2,1-8H3. The van der Waals surface area contributed by atoms with Gasteiger partial charge >= 0.3 is 0 Å². The summed E-state index contributed by atoms with van der Waals surface area (Å²) >= 11 is 0. The normalized spacial score (nSPS) is 11.3. The molecule has 1 radical (unpaired) electrons. The molecule has 0 aromatic carbocycles. The summed E-state index contributed by atoms with van der Waals surface area (Å²) in [6, 6.07) is 0. The molecule has 0 spiro atoms. The van der Waals surface area contributed by atoms with Gasteiger partial charge < -0.3 is 14.7 Å². The van der Waals surface area contributed by atoms with Gasteiger partial charge in [-0.15, -0.1) is 0 Å². The third kappa shape index (κ3) is 5.31. The number of carbonyl (C=O) groups excluding carboxylic acids is 3. The molecule has 22 heavy (non-hydrogen) atoms. The Labute approximate surface area is 134 Å². The summed E-state index contributed by atoms with van der Waals surface area (Å²) in [5.74, 6) is -1.93. The number of carbonyl (C=O) groups is 3. The van der Waals surface area contributed by atoms with Crippen LogP contribution in [0.2, 0.25) is 0 Å². The Bertz CT molecular complexity index is 413. The lowest BCUT2D eigenvalue weighted by molar-refractivity contribution is -0.144. The molecule has 0 saturated carbocycles. The van der Waals surface area contributed by atoms with Crippen LogP contribution in [0.5, 0.6) is 0 Å². The molecule has 0 aliphatic rings. The van der Waals surface area contributed by atoms with E-state index in [2.05, 4.69) is 0 Å². The lowest BCUT2D eigenvalue weighted by Crippen LogP contribution is -2.52. The average molecular weight is 312 g/mol. The van der Waals surface area contributed by atoms with Crippen molar-refractivity contribution in [1.29, 1.82) is 0 Å². The fraction of sp³-hybridized carbons (Fsp3) is 0.750. The van der Waals surface area contributed by atoms with Gasteiger partial charge in [-0.1, -0.05) is 13.3 Å². The minimum atomic E-state index is -0.561. The van der Waals surface area contributed by atoms with Crippen molar-refractivity contribution in [2.24, 2.45) is 0 Å². The summed E-state index contributed by atoms with van der Waals surface area (Å²) in [6.07, 6.45) is 1.76. The third-order valence-electron chi connectivity index (χ3n) is 3.55. The zero-order valence-electron chi connectivity index (χ0n) is 15.2. The zero-order valence-corrected chi connectivity index (χ0v) is 15.2. The number of unbranched alkanes of at least 4 members (excludes halogenated alkanes) is 1. The van der Waals surface area contributed by atoms with Gasteiger partial charge in [0.15, 0.2) is 0 Å². The highest BCUT2D eigenvalue weighted by molar-refractivity contribution is 6.32. The fourth-order valence-corrected chi connectivity index (χ4v) is 1.66. The lowest BCUT2D eigenvalue weighted by atomic mass is 9.99. The average Bonchev–Trinajstić information content (AvgIpc) is 2.42. The quantitative estimate of drug-likeness (QED) is 0.692. The maximum Gasteiger partial charge on any atom is 0.250 e. The smallest absolute Gasteiger partial charge is 0.250 e. The van der Waals surface area contributed by atoms with E-state index in [1.807, 2.05) is 27.7 Å². The van der Waals surface area contributed by atoms with Crippen molar-refractivity contribution >= 4 is 17.7 Å². The van der Waals surface area contributed by atoms with E-state index in [4.69, 9.17) is 0 Å². The van der Waals surface area contributed by atoms with Gasteiger partial charge in [-0.05, 0) is 27.2 Å². The minimum Gasteiger partial charge on any atom is -0.347 e. The Morgan fingerprint density at radius 3 is 1.73 bits per heavy atom. The van der Waals surface area contributed by atoms with E-state index in [1.54, 1.807) is 14.1 Å². The molecular weight excluding hydrogens is 282 g/mol. The van der Waals surface area contributed by atoms with Crippen LogP contribution in [-0.4, -0.2) is 72.7 Å². The molecule has 0 aliphatic carbocycles. The summed E-state index contributed by atoms with van der Waals surface area (Å²) in [7, 11) is 6.29. The van der Waals surface area contributed by atoms with Crippen molar-refractivity contribution in [3.05, 3.63) is 5.92 Å². The van der Waals surface area contributed by atoms with E-state index in [1.165, 1.54) is 28.8 Å². The second-order valence-electron chi connectivity index (χ2n) is 6.69. The first-order chi connectivity index (χ1) is 9.95. The second kappa shape index (κ2) is 8.15. The van der Waals surface area contributed by atoms with Crippen LogP contribution in [0.1, 0.15) is 40.5 Å². The van der Waals surface area contributed by atoms with E-state index < -0.39 is 23.3 Å². The van der Waals surface area contributed by atoms with Crippen LogP contribution in [0.3, 0.4) is 0 Å². The molecule has 0 bridgehead atoms. The predicted molar refractivity (Wildman–Crippen MR) is 87.0 cm³/mol. The summed E-state index contributed by atoms with van der Waals surface area (Å²) in [4.78, 5) is 41.7. The van der Waals surface area contributed by atoms with Crippen molar-refractivity contribution in [2.75, 3.05) is 34.7 Å². The minimum absolute atomic E-state index is 0.305. The molecule has 0 aromatic rings. The lowest BCUT2D eigenvalue weighted by Gasteiger charge is -2.35. The Kier molecular flexibility index (Phi) is 7.56. The molecule has 0 unspecified atom stereocenters. The summed E-state index contributed by atoms with van der Waals surface area (Å²) in [6.45, 7) is 8.11. The van der Waals surface area contributed by atoms with Gasteiger partial charge in [0.25, 0.3) is 0 Å². The van der Waals surface area contributed by atoms with Crippen LogP contribution in [-0.2, 0) is 14.4 Å². The molecule has 3 amide bonds. The molecule has 0 saturated heterocycles. The molecule has 0 heterocycles. The van der Waals surface area contributed by atoms with E-state index >= 15 is 0 Å². The number of nitrogens with zero attached hydrogens (tertiary/aromatic N) is 3. The van der Waals surface area contributed by atoms with Crippen molar-refractivity contribution in [1.82, 2.24) is 14.7 Å². The maximum absolute atomic E-state index is 12.6. The Morgan fingerprint density at radius 1 is 0.864 bits per heavy atom. The van der Waals surface area contributed by atoms with Gasteiger partial charge in [0, 0.05) is 40.3 Å². The zero-order chi connectivity index (χ0) is 17.7. The molecule has 127 valence electrons. The number of amides is 3. The first kappa shape index (κ1) is 20.4. The molecule has 0 atom stereocenters.